The second-order valence-electron chi connectivity index (χ2n) is 4.71. The molecule has 2 heterocycles. The lowest BCUT2D eigenvalue weighted by molar-refractivity contribution is 0.292. The molecule has 0 radical (unpaired) electrons. The highest BCUT2D eigenvalue weighted by molar-refractivity contribution is 5.67. The van der Waals surface area contributed by atoms with Crippen LogP contribution in [-0.4, -0.2) is 38.0 Å². The summed E-state index contributed by atoms with van der Waals surface area (Å²) in [5, 5.41) is 16.3. The van der Waals surface area contributed by atoms with Gasteiger partial charge in [0.05, 0.1) is 0 Å². The van der Waals surface area contributed by atoms with Crippen LogP contribution in [-0.2, 0) is 0 Å². The van der Waals surface area contributed by atoms with Crippen molar-refractivity contribution < 1.29 is 5.11 Å². The second kappa shape index (κ2) is 6.32. The van der Waals surface area contributed by atoms with Gasteiger partial charge >= 0.3 is 0 Å². The minimum absolute atomic E-state index is 0.159. The van der Waals surface area contributed by atoms with Gasteiger partial charge in [0.2, 0.25) is 0 Å². The number of aliphatic hydroxyl groups excluding tert-OH is 1. The Kier molecular flexibility index (Phi) is 4.07. The maximum Gasteiger partial charge on any atom is 0.160 e. The first-order chi connectivity index (χ1) is 10.4. The molecule has 0 aliphatic heterocycles. The second-order valence-corrected chi connectivity index (χ2v) is 4.71. The number of aromatic nitrogens is 4. The summed E-state index contributed by atoms with van der Waals surface area (Å²) in [4.78, 5) is 9.12. The summed E-state index contributed by atoms with van der Waals surface area (Å²) in [5.74, 6) is 2.18. The molecular weight excluding hydrogens is 266 g/mol. The summed E-state index contributed by atoms with van der Waals surface area (Å²) >= 11 is 0. The molecular formula is C15H17N5O. The first-order valence-corrected chi connectivity index (χ1v) is 6.97. The molecule has 0 fully saturated rings. The van der Waals surface area contributed by atoms with Gasteiger partial charge in [-0.15, -0.1) is 0 Å². The van der Waals surface area contributed by atoms with Crippen molar-refractivity contribution >= 4 is 11.4 Å². The molecule has 2 aromatic heterocycles. The molecule has 0 atom stereocenters. The predicted octanol–water partition coefficient (Wildman–Crippen LogP) is 1.80. The number of allylic oxidation sites excluding steroid dienone is 4. The van der Waals surface area contributed by atoms with Crippen LogP contribution in [0.3, 0.4) is 0 Å². The zero-order valence-electron chi connectivity index (χ0n) is 11.6. The van der Waals surface area contributed by atoms with Gasteiger partial charge in [-0.1, -0.05) is 18.2 Å². The molecule has 0 bridgehead atoms. The van der Waals surface area contributed by atoms with Gasteiger partial charge in [0, 0.05) is 37.2 Å². The van der Waals surface area contributed by atoms with Crippen LogP contribution in [0.15, 0.2) is 42.8 Å². The lowest BCUT2D eigenvalue weighted by atomic mass is 10.2. The van der Waals surface area contributed by atoms with Gasteiger partial charge in [-0.25, -0.2) is 14.6 Å². The number of hydrogen-bond donors (Lipinski definition) is 2. The Hall–Kier alpha value is -2.47. The van der Waals surface area contributed by atoms with Gasteiger partial charge in [0.1, 0.15) is 5.82 Å². The fourth-order valence-corrected chi connectivity index (χ4v) is 2.10. The van der Waals surface area contributed by atoms with E-state index in [1.54, 1.807) is 10.9 Å². The van der Waals surface area contributed by atoms with Crippen molar-refractivity contribution in [3.05, 3.63) is 48.6 Å². The van der Waals surface area contributed by atoms with E-state index in [1.807, 2.05) is 30.5 Å². The van der Waals surface area contributed by atoms with Crippen molar-refractivity contribution in [3.63, 3.8) is 0 Å². The Labute approximate surface area is 122 Å². The summed E-state index contributed by atoms with van der Waals surface area (Å²) in [6, 6.07) is 3.72. The summed E-state index contributed by atoms with van der Waals surface area (Å²) in [7, 11) is 0. The zero-order valence-corrected chi connectivity index (χ0v) is 11.6. The fourth-order valence-electron chi connectivity index (χ4n) is 2.10. The number of nitrogens with zero attached hydrogens (tertiary/aromatic N) is 4. The average molecular weight is 283 g/mol. The van der Waals surface area contributed by atoms with Crippen LogP contribution in [0.1, 0.15) is 18.7 Å². The third-order valence-corrected chi connectivity index (χ3v) is 3.15. The third kappa shape index (κ3) is 3.17. The Bertz CT molecular complexity index is 661. The number of hydrogen-bond acceptors (Lipinski definition) is 5. The van der Waals surface area contributed by atoms with E-state index in [1.165, 1.54) is 0 Å². The number of rotatable bonds is 6. The van der Waals surface area contributed by atoms with Gasteiger partial charge in [-0.05, 0) is 18.9 Å². The molecule has 0 unspecified atom stereocenters. The van der Waals surface area contributed by atoms with Crippen molar-refractivity contribution in [2.45, 2.75) is 12.8 Å². The Morgan fingerprint density at radius 1 is 1.33 bits per heavy atom. The molecule has 21 heavy (non-hydrogen) atoms. The van der Waals surface area contributed by atoms with E-state index in [4.69, 9.17) is 5.11 Å². The molecule has 108 valence electrons. The van der Waals surface area contributed by atoms with Crippen molar-refractivity contribution in [3.8, 4) is 5.82 Å². The fraction of sp³-hybridized carbons (Fsp3) is 0.267. The normalized spacial score (nSPS) is 13.5. The van der Waals surface area contributed by atoms with Gasteiger partial charge in [0.15, 0.2) is 11.6 Å². The number of nitrogens with one attached hydrogen (secondary N) is 1. The summed E-state index contributed by atoms with van der Waals surface area (Å²) in [6.07, 6.45) is 11.2. The summed E-state index contributed by atoms with van der Waals surface area (Å²) in [6.45, 7) is 0.828. The van der Waals surface area contributed by atoms with Crippen molar-refractivity contribution in [2.24, 2.45) is 0 Å². The maximum absolute atomic E-state index is 8.87. The molecule has 1 aliphatic carbocycles. The van der Waals surface area contributed by atoms with Crippen molar-refractivity contribution in [1.82, 2.24) is 19.7 Å². The largest absolute Gasteiger partial charge is 0.396 e. The highest BCUT2D eigenvalue weighted by Gasteiger charge is 2.11. The monoisotopic (exact) mass is 283 g/mol. The molecule has 6 heteroatoms. The Balaban J connectivity index is 1.92. The Morgan fingerprint density at radius 3 is 3.00 bits per heavy atom. The number of aliphatic hydroxyl groups is 1. The van der Waals surface area contributed by atoms with Crippen LogP contribution in [0.4, 0.5) is 5.82 Å². The molecule has 1 aliphatic rings. The molecule has 0 amide bonds. The molecule has 3 rings (SSSR count). The minimum atomic E-state index is 0.159. The molecule has 0 saturated carbocycles. The topological polar surface area (TPSA) is 75.9 Å². The SMILES string of the molecule is OCCCNc1cc(-n2cccn2)nc(C2=CC=CC2)n1. The molecule has 0 spiro atoms. The van der Waals surface area contributed by atoms with E-state index in [2.05, 4.69) is 26.5 Å². The predicted molar refractivity (Wildman–Crippen MR) is 81.1 cm³/mol. The van der Waals surface area contributed by atoms with Crippen LogP contribution < -0.4 is 5.32 Å². The number of anilines is 1. The van der Waals surface area contributed by atoms with E-state index < -0.39 is 0 Å². The van der Waals surface area contributed by atoms with E-state index in [0.29, 0.717) is 18.8 Å². The van der Waals surface area contributed by atoms with Gasteiger partial charge < -0.3 is 10.4 Å². The first-order valence-electron chi connectivity index (χ1n) is 6.97. The smallest absolute Gasteiger partial charge is 0.160 e. The van der Waals surface area contributed by atoms with Crippen LogP contribution in [0.2, 0.25) is 0 Å². The quantitative estimate of drug-likeness (QED) is 0.791. The van der Waals surface area contributed by atoms with Crippen LogP contribution in [0, 0.1) is 0 Å². The van der Waals surface area contributed by atoms with Gasteiger partial charge in [-0.2, -0.15) is 5.10 Å². The van der Waals surface area contributed by atoms with Crippen LogP contribution in [0.5, 0.6) is 0 Å². The van der Waals surface area contributed by atoms with Crippen LogP contribution in [0.25, 0.3) is 11.4 Å². The van der Waals surface area contributed by atoms with Crippen LogP contribution >= 0.6 is 0 Å². The van der Waals surface area contributed by atoms with Crippen molar-refractivity contribution in [2.75, 3.05) is 18.5 Å². The van der Waals surface area contributed by atoms with E-state index in [9.17, 15) is 0 Å². The highest BCUT2D eigenvalue weighted by Crippen LogP contribution is 2.22. The Morgan fingerprint density at radius 2 is 2.29 bits per heavy atom. The highest BCUT2D eigenvalue weighted by atomic mass is 16.3. The lowest BCUT2D eigenvalue weighted by Gasteiger charge is -2.10. The van der Waals surface area contributed by atoms with Gasteiger partial charge in [0.25, 0.3) is 0 Å². The van der Waals surface area contributed by atoms with E-state index >= 15 is 0 Å². The maximum atomic E-state index is 8.87. The van der Waals surface area contributed by atoms with E-state index in [-0.39, 0.29) is 6.61 Å². The van der Waals surface area contributed by atoms with Gasteiger partial charge in [-0.3, -0.25) is 0 Å². The molecule has 0 aromatic carbocycles. The molecule has 2 aromatic rings. The first kappa shape index (κ1) is 13.5. The molecule has 2 N–H and O–H groups in total. The standard InChI is InChI=1S/C15H17N5O/c21-10-4-7-16-13-11-14(20-9-3-8-17-20)19-15(18-13)12-5-1-2-6-12/h1-3,5,8-9,11,21H,4,6-7,10H2,(H,16,18,19). The third-order valence-electron chi connectivity index (χ3n) is 3.15. The minimum Gasteiger partial charge on any atom is -0.396 e. The average Bonchev–Trinajstić information content (AvgIpc) is 3.21. The lowest BCUT2D eigenvalue weighted by Crippen LogP contribution is -2.09. The van der Waals surface area contributed by atoms with E-state index in [0.717, 1.165) is 23.6 Å². The molecule has 0 saturated heterocycles. The summed E-state index contributed by atoms with van der Waals surface area (Å²) < 4.78 is 1.71. The summed E-state index contributed by atoms with van der Waals surface area (Å²) in [5.41, 5.74) is 1.09. The van der Waals surface area contributed by atoms with Crippen molar-refractivity contribution in [1.29, 1.82) is 0 Å². The zero-order chi connectivity index (χ0) is 14.5. The molecule has 6 nitrogen and oxygen atoms in total.